The Morgan fingerprint density at radius 3 is 2.33 bits per heavy atom. The van der Waals surface area contributed by atoms with Crippen LogP contribution in [0.2, 0.25) is 0 Å². The Morgan fingerprint density at radius 2 is 1.67 bits per heavy atom. The molecule has 1 N–H and O–H groups in total. The highest BCUT2D eigenvalue weighted by Gasteiger charge is 2.22. The Balaban J connectivity index is 2.03. The van der Waals surface area contributed by atoms with Crippen LogP contribution in [0.1, 0.15) is 12.6 Å². The van der Waals surface area contributed by atoms with Gasteiger partial charge in [0.25, 0.3) is 5.56 Å². The number of H-pyrrole nitrogens is 1. The molecule has 0 aromatic heterocycles. The molecular formula is C20H17N3O. The van der Waals surface area contributed by atoms with E-state index in [2.05, 4.69) is 17.0 Å². The average Bonchev–Trinajstić information content (AvgIpc) is 2.99. The molecule has 2 aliphatic heterocycles. The fraction of sp³-hybridized carbons (Fsp3) is 0.100. The van der Waals surface area contributed by atoms with Crippen molar-refractivity contribution in [2.75, 3.05) is 0 Å². The number of pyridine rings is 1. The van der Waals surface area contributed by atoms with Crippen molar-refractivity contribution in [3.05, 3.63) is 82.9 Å². The van der Waals surface area contributed by atoms with Crippen LogP contribution >= 0.6 is 0 Å². The minimum Gasteiger partial charge on any atom is -0.364 e. The van der Waals surface area contributed by atoms with E-state index in [0.717, 1.165) is 34.6 Å². The molecule has 0 amide bonds. The van der Waals surface area contributed by atoms with Gasteiger partial charge in [0.15, 0.2) is 0 Å². The normalized spacial score (nSPS) is 11.0. The summed E-state index contributed by atoms with van der Waals surface area (Å²) in [6.07, 6.45) is 2.61. The average molecular weight is 315 g/mol. The third-order valence-electron chi connectivity index (χ3n) is 4.22. The zero-order valence-electron chi connectivity index (χ0n) is 13.4. The fourth-order valence-electron chi connectivity index (χ4n) is 3.04. The van der Waals surface area contributed by atoms with Gasteiger partial charge in [0.05, 0.1) is 11.3 Å². The first kappa shape index (κ1) is 14.5. The van der Waals surface area contributed by atoms with Crippen LogP contribution in [0.3, 0.4) is 0 Å². The molecule has 4 nitrogen and oxygen atoms in total. The summed E-state index contributed by atoms with van der Waals surface area (Å²) >= 11 is 0. The van der Waals surface area contributed by atoms with Crippen LogP contribution in [0.25, 0.3) is 28.1 Å². The van der Waals surface area contributed by atoms with Gasteiger partial charge in [-0.05, 0) is 24.1 Å². The molecule has 0 saturated carbocycles. The summed E-state index contributed by atoms with van der Waals surface area (Å²) in [5.41, 5.74) is 5.16. The van der Waals surface area contributed by atoms with E-state index in [0.29, 0.717) is 5.56 Å². The van der Waals surface area contributed by atoms with Crippen LogP contribution < -0.4 is 5.56 Å². The summed E-state index contributed by atoms with van der Waals surface area (Å²) in [5, 5.41) is 4.65. The molecule has 0 atom stereocenters. The van der Waals surface area contributed by atoms with E-state index in [1.807, 2.05) is 60.7 Å². The van der Waals surface area contributed by atoms with E-state index in [1.54, 1.807) is 6.20 Å². The van der Waals surface area contributed by atoms with E-state index in [1.165, 1.54) is 4.68 Å². The maximum atomic E-state index is 12.8. The number of aromatic nitrogens is 3. The summed E-state index contributed by atoms with van der Waals surface area (Å²) in [6, 6.07) is 19.6. The zero-order chi connectivity index (χ0) is 16.5. The van der Waals surface area contributed by atoms with Crippen molar-refractivity contribution in [3.8, 4) is 28.1 Å². The van der Waals surface area contributed by atoms with Crippen molar-refractivity contribution in [3.63, 3.8) is 0 Å². The first-order valence-corrected chi connectivity index (χ1v) is 8.03. The lowest BCUT2D eigenvalue weighted by Crippen LogP contribution is -2.14. The van der Waals surface area contributed by atoms with Crippen LogP contribution in [0.15, 0.2) is 71.7 Å². The Bertz CT molecular complexity index is 1000. The number of aryl methyl sites for hydroxylation is 1. The van der Waals surface area contributed by atoms with Gasteiger partial charge in [-0.2, -0.15) is 9.78 Å². The topological polar surface area (TPSA) is 50.7 Å². The number of hydrogen-bond donors (Lipinski definition) is 1. The lowest BCUT2D eigenvalue weighted by molar-refractivity contribution is 0.857. The third kappa shape index (κ3) is 2.24. The van der Waals surface area contributed by atoms with E-state index in [9.17, 15) is 4.79 Å². The van der Waals surface area contributed by atoms with Gasteiger partial charge in [-0.25, -0.2) is 0 Å². The molecule has 2 aromatic rings. The molecule has 4 rings (SSSR count). The number of rotatable bonds is 3. The number of benzene rings is 2. The molecular weight excluding hydrogens is 298 g/mol. The summed E-state index contributed by atoms with van der Waals surface area (Å²) in [6.45, 7) is 2.09. The predicted octanol–water partition coefficient (Wildman–Crippen LogP) is 3.89. The molecule has 118 valence electrons. The molecule has 0 spiro atoms. The lowest BCUT2D eigenvalue weighted by atomic mass is 9.97. The second-order valence-corrected chi connectivity index (χ2v) is 5.68. The van der Waals surface area contributed by atoms with Gasteiger partial charge in [-0.3, -0.25) is 4.79 Å². The highest BCUT2D eigenvalue weighted by molar-refractivity contribution is 5.83. The minimum absolute atomic E-state index is 0.104. The second kappa shape index (κ2) is 5.81. The summed E-state index contributed by atoms with van der Waals surface area (Å²) < 4.78 is 1.48. The first-order chi connectivity index (χ1) is 11.8. The molecule has 0 unspecified atom stereocenters. The summed E-state index contributed by atoms with van der Waals surface area (Å²) in [5.74, 6) is 0. The minimum atomic E-state index is -0.104. The number of nitrogens with zero attached hydrogens (tertiary/aromatic N) is 2. The van der Waals surface area contributed by atoms with Crippen molar-refractivity contribution in [1.29, 1.82) is 0 Å². The van der Waals surface area contributed by atoms with Crippen molar-refractivity contribution in [2.45, 2.75) is 13.3 Å². The monoisotopic (exact) mass is 315 g/mol. The van der Waals surface area contributed by atoms with Gasteiger partial charge in [0.1, 0.15) is 5.69 Å². The Hall–Kier alpha value is -3.14. The zero-order valence-corrected chi connectivity index (χ0v) is 13.4. The molecule has 24 heavy (non-hydrogen) atoms. The number of fused-ring (bicyclic) bond motifs is 1. The number of aromatic amines is 1. The van der Waals surface area contributed by atoms with Gasteiger partial charge in [0, 0.05) is 17.5 Å². The number of para-hydroxylation sites is 1. The van der Waals surface area contributed by atoms with Crippen LogP contribution in [-0.2, 0) is 6.42 Å². The Kier molecular flexibility index (Phi) is 3.50. The van der Waals surface area contributed by atoms with Gasteiger partial charge >= 0.3 is 0 Å². The van der Waals surface area contributed by atoms with Gasteiger partial charge in [-0.15, -0.1) is 0 Å². The highest BCUT2D eigenvalue weighted by Crippen LogP contribution is 2.33. The predicted molar refractivity (Wildman–Crippen MR) is 95.6 cm³/mol. The van der Waals surface area contributed by atoms with Crippen molar-refractivity contribution < 1.29 is 0 Å². The highest BCUT2D eigenvalue weighted by atomic mass is 16.1. The second-order valence-electron chi connectivity index (χ2n) is 5.68. The molecule has 0 bridgehead atoms. The quantitative estimate of drug-likeness (QED) is 0.623. The smallest absolute Gasteiger partial charge is 0.282 e. The molecule has 2 aromatic carbocycles. The van der Waals surface area contributed by atoms with E-state index in [4.69, 9.17) is 0 Å². The van der Waals surface area contributed by atoms with Crippen molar-refractivity contribution in [1.82, 2.24) is 14.8 Å². The molecule has 0 aliphatic carbocycles. The maximum absolute atomic E-state index is 12.8. The number of nitrogens with one attached hydrogen (secondary N) is 1. The molecule has 4 heteroatoms. The fourth-order valence-corrected chi connectivity index (χ4v) is 3.04. The van der Waals surface area contributed by atoms with Gasteiger partial charge < -0.3 is 4.98 Å². The van der Waals surface area contributed by atoms with Crippen LogP contribution in [0, 0.1) is 0 Å². The van der Waals surface area contributed by atoms with Crippen LogP contribution in [0.5, 0.6) is 0 Å². The molecule has 2 aliphatic rings. The largest absolute Gasteiger partial charge is 0.364 e. The third-order valence-corrected chi connectivity index (χ3v) is 4.22. The molecule has 2 heterocycles. The summed E-state index contributed by atoms with van der Waals surface area (Å²) in [7, 11) is 0. The first-order valence-electron chi connectivity index (χ1n) is 8.03. The van der Waals surface area contributed by atoms with Gasteiger partial charge in [0.2, 0.25) is 0 Å². The van der Waals surface area contributed by atoms with E-state index >= 15 is 0 Å². The summed E-state index contributed by atoms with van der Waals surface area (Å²) in [4.78, 5) is 16.1. The van der Waals surface area contributed by atoms with Crippen molar-refractivity contribution in [2.24, 2.45) is 0 Å². The SMILES string of the molecule is CCc1[nH]cc2c(=O)n(-c3ccccc3)nc-2c1-c1ccccc1. The molecule has 0 fully saturated rings. The molecule has 0 saturated heterocycles. The standard InChI is InChI=1S/C20H17N3O/c1-2-17-18(14-9-5-3-6-10-14)19-16(13-21-17)20(24)23(22-19)15-11-7-4-8-12-15/h3-13,21H,2H2,1H3. The van der Waals surface area contributed by atoms with Crippen molar-refractivity contribution >= 4 is 0 Å². The lowest BCUT2D eigenvalue weighted by Gasteiger charge is -2.11. The van der Waals surface area contributed by atoms with E-state index in [-0.39, 0.29) is 5.56 Å². The van der Waals surface area contributed by atoms with E-state index < -0.39 is 0 Å². The van der Waals surface area contributed by atoms with Gasteiger partial charge in [-0.1, -0.05) is 55.5 Å². The maximum Gasteiger partial charge on any atom is 0.282 e. The Labute approximate surface area is 139 Å². The number of hydrogen-bond acceptors (Lipinski definition) is 2. The van der Waals surface area contributed by atoms with Crippen LogP contribution in [-0.4, -0.2) is 14.8 Å². The Morgan fingerprint density at radius 1 is 1.00 bits per heavy atom. The molecule has 0 radical (unpaired) electrons. The van der Waals surface area contributed by atoms with Crippen LogP contribution in [0.4, 0.5) is 0 Å².